The summed E-state index contributed by atoms with van der Waals surface area (Å²) in [6.45, 7) is 1.22. The molecule has 0 aliphatic carbocycles. The third kappa shape index (κ3) is 3.10. The van der Waals surface area contributed by atoms with Crippen molar-refractivity contribution in [2.24, 2.45) is 5.73 Å². The monoisotopic (exact) mass is 217 g/mol. The fraction of sp³-hybridized carbons (Fsp3) is 0.250. The first-order valence-electron chi connectivity index (χ1n) is 5.24. The van der Waals surface area contributed by atoms with Gasteiger partial charge in [0, 0.05) is 18.9 Å². The number of imidazole rings is 1. The van der Waals surface area contributed by atoms with Crippen LogP contribution in [0.2, 0.25) is 0 Å². The van der Waals surface area contributed by atoms with E-state index in [2.05, 4.69) is 4.98 Å². The summed E-state index contributed by atoms with van der Waals surface area (Å²) in [5.41, 5.74) is 5.94. The number of aromatic nitrogens is 2. The van der Waals surface area contributed by atoms with Gasteiger partial charge in [-0.1, -0.05) is 18.2 Å². The largest absolute Gasteiger partial charge is 0.492 e. The van der Waals surface area contributed by atoms with Gasteiger partial charge in [-0.2, -0.15) is 0 Å². The molecule has 4 heteroatoms. The van der Waals surface area contributed by atoms with Gasteiger partial charge in [-0.25, -0.2) is 4.98 Å². The molecule has 0 saturated heterocycles. The summed E-state index contributed by atoms with van der Waals surface area (Å²) in [5.74, 6) is 0.851. The van der Waals surface area contributed by atoms with E-state index in [0.717, 1.165) is 5.75 Å². The Morgan fingerprint density at radius 1 is 1.31 bits per heavy atom. The molecule has 0 fully saturated rings. The van der Waals surface area contributed by atoms with Crippen LogP contribution in [-0.2, 0) is 6.54 Å². The topological polar surface area (TPSA) is 53.1 Å². The molecule has 0 bridgehead atoms. The highest BCUT2D eigenvalue weighted by Crippen LogP contribution is 2.08. The zero-order valence-corrected chi connectivity index (χ0v) is 8.99. The highest BCUT2D eigenvalue weighted by atomic mass is 16.5. The molecular formula is C12H15N3O. The van der Waals surface area contributed by atoms with Gasteiger partial charge in [-0.05, 0) is 12.1 Å². The van der Waals surface area contributed by atoms with Gasteiger partial charge in [0.1, 0.15) is 12.4 Å². The van der Waals surface area contributed by atoms with Gasteiger partial charge in [-0.3, -0.25) is 0 Å². The minimum Gasteiger partial charge on any atom is -0.492 e. The number of hydrogen-bond acceptors (Lipinski definition) is 3. The molecular weight excluding hydrogens is 202 g/mol. The van der Waals surface area contributed by atoms with Gasteiger partial charge in [0.05, 0.1) is 12.4 Å². The first-order chi connectivity index (χ1) is 7.84. The molecule has 0 aliphatic heterocycles. The Hall–Kier alpha value is -1.81. The lowest BCUT2D eigenvalue weighted by Crippen LogP contribution is -2.32. The van der Waals surface area contributed by atoms with Crippen LogP contribution in [0, 0.1) is 0 Å². The zero-order chi connectivity index (χ0) is 11.2. The van der Waals surface area contributed by atoms with E-state index in [0.29, 0.717) is 13.2 Å². The minimum absolute atomic E-state index is 0.0330. The average Bonchev–Trinajstić information content (AvgIpc) is 2.81. The van der Waals surface area contributed by atoms with Crippen molar-refractivity contribution >= 4 is 0 Å². The van der Waals surface area contributed by atoms with Crippen molar-refractivity contribution in [2.75, 3.05) is 6.61 Å². The van der Waals surface area contributed by atoms with Crippen molar-refractivity contribution in [1.29, 1.82) is 0 Å². The molecule has 1 atom stereocenters. The molecule has 0 radical (unpaired) electrons. The number of para-hydroxylation sites is 1. The molecule has 0 spiro atoms. The lowest BCUT2D eigenvalue weighted by atomic mass is 10.3. The van der Waals surface area contributed by atoms with Crippen molar-refractivity contribution in [1.82, 2.24) is 9.55 Å². The summed E-state index contributed by atoms with van der Waals surface area (Å²) >= 11 is 0. The molecule has 2 aromatic rings. The molecule has 0 amide bonds. The number of ether oxygens (including phenoxy) is 1. The second kappa shape index (κ2) is 5.32. The van der Waals surface area contributed by atoms with Crippen molar-refractivity contribution in [2.45, 2.75) is 12.6 Å². The van der Waals surface area contributed by atoms with Crippen molar-refractivity contribution in [3.8, 4) is 5.75 Å². The van der Waals surface area contributed by atoms with Crippen LogP contribution >= 0.6 is 0 Å². The third-order valence-corrected chi connectivity index (χ3v) is 2.21. The van der Waals surface area contributed by atoms with Gasteiger partial charge in [0.25, 0.3) is 0 Å². The highest BCUT2D eigenvalue weighted by molar-refractivity contribution is 5.20. The van der Waals surface area contributed by atoms with E-state index in [1.165, 1.54) is 0 Å². The Bertz CT molecular complexity index is 399. The lowest BCUT2D eigenvalue weighted by Gasteiger charge is -2.13. The lowest BCUT2D eigenvalue weighted by molar-refractivity contribution is 0.275. The minimum atomic E-state index is -0.0330. The van der Waals surface area contributed by atoms with Gasteiger partial charge in [0.2, 0.25) is 0 Å². The average molecular weight is 217 g/mol. The summed E-state index contributed by atoms with van der Waals surface area (Å²) in [4.78, 5) is 3.96. The second-order valence-corrected chi connectivity index (χ2v) is 3.64. The summed E-state index contributed by atoms with van der Waals surface area (Å²) in [6.07, 6.45) is 5.38. The van der Waals surface area contributed by atoms with E-state index >= 15 is 0 Å². The Labute approximate surface area is 94.7 Å². The Morgan fingerprint density at radius 3 is 2.81 bits per heavy atom. The van der Waals surface area contributed by atoms with Crippen LogP contribution < -0.4 is 10.5 Å². The number of nitrogens with two attached hydrogens (primary N) is 1. The first kappa shape index (κ1) is 10.7. The van der Waals surface area contributed by atoms with Crippen LogP contribution in [0.5, 0.6) is 5.75 Å². The van der Waals surface area contributed by atoms with Crippen LogP contribution in [0.1, 0.15) is 0 Å². The van der Waals surface area contributed by atoms with E-state index in [4.69, 9.17) is 10.5 Å². The highest BCUT2D eigenvalue weighted by Gasteiger charge is 2.04. The molecule has 0 saturated carbocycles. The Morgan fingerprint density at radius 2 is 2.12 bits per heavy atom. The van der Waals surface area contributed by atoms with Crippen LogP contribution in [-0.4, -0.2) is 22.2 Å². The smallest absolute Gasteiger partial charge is 0.119 e. The molecule has 2 N–H and O–H groups in total. The van der Waals surface area contributed by atoms with Crippen molar-refractivity contribution in [3.05, 3.63) is 49.1 Å². The van der Waals surface area contributed by atoms with Gasteiger partial charge in [-0.15, -0.1) is 0 Å². The van der Waals surface area contributed by atoms with E-state index < -0.39 is 0 Å². The molecule has 84 valence electrons. The first-order valence-corrected chi connectivity index (χ1v) is 5.24. The van der Waals surface area contributed by atoms with Crippen molar-refractivity contribution in [3.63, 3.8) is 0 Å². The molecule has 1 heterocycles. The molecule has 16 heavy (non-hydrogen) atoms. The Kier molecular flexibility index (Phi) is 3.56. The van der Waals surface area contributed by atoms with Crippen molar-refractivity contribution < 1.29 is 4.74 Å². The molecule has 0 unspecified atom stereocenters. The fourth-order valence-corrected chi connectivity index (χ4v) is 1.44. The summed E-state index contributed by atoms with van der Waals surface area (Å²) in [6, 6.07) is 9.65. The van der Waals surface area contributed by atoms with Crippen LogP contribution in [0.25, 0.3) is 0 Å². The maximum absolute atomic E-state index is 5.94. The number of hydrogen-bond donors (Lipinski definition) is 1. The molecule has 4 nitrogen and oxygen atoms in total. The maximum Gasteiger partial charge on any atom is 0.119 e. The summed E-state index contributed by atoms with van der Waals surface area (Å²) < 4.78 is 7.50. The summed E-state index contributed by atoms with van der Waals surface area (Å²) in [7, 11) is 0. The number of benzene rings is 1. The second-order valence-electron chi connectivity index (χ2n) is 3.64. The molecule has 1 aromatic heterocycles. The van der Waals surface area contributed by atoms with Crippen LogP contribution in [0.3, 0.4) is 0 Å². The van der Waals surface area contributed by atoms with E-state index in [1.807, 2.05) is 41.1 Å². The third-order valence-electron chi connectivity index (χ3n) is 2.21. The predicted octanol–water partition coefficient (Wildman–Crippen LogP) is 1.29. The summed E-state index contributed by atoms with van der Waals surface area (Å²) in [5, 5.41) is 0. The SMILES string of the molecule is N[C@@H](COc1ccccc1)Cn1ccnc1. The van der Waals surface area contributed by atoms with Crippen LogP contribution in [0.4, 0.5) is 0 Å². The van der Waals surface area contributed by atoms with Gasteiger partial charge in [0.15, 0.2) is 0 Å². The van der Waals surface area contributed by atoms with E-state index in [9.17, 15) is 0 Å². The fourth-order valence-electron chi connectivity index (χ4n) is 1.44. The van der Waals surface area contributed by atoms with Crippen LogP contribution in [0.15, 0.2) is 49.1 Å². The normalized spacial score (nSPS) is 12.3. The maximum atomic E-state index is 5.94. The van der Waals surface area contributed by atoms with Gasteiger partial charge >= 0.3 is 0 Å². The van der Waals surface area contributed by atoms with E-state index in [1.54, 1.807) is 12.5 Å². The quantitative estimate of drug-likeness (QED) is 0.821. The van der Waals surface area contributed by atoms with Gasteiger partial charge < -0.3 is 15.0 Å². The van der Waals surface area contributed by atoms with E-state index in [-0.39, 0.29) is 6.04 Å². The number of nitrogens with zero attached hydrogens (tertiary/aromatic N) is 2. The standard InChI is InChI=1S/C12H15N3O/c13-11(8-15-7-6-14-10-15)9-16-12-4-2-1-3-5-12/h1-7,10-11H,8-9,13H2/t11-/m1/s1. The Balaban J connectivity index is 1.78. The zero-order valence-electron chi connectivity index (χ0n) is 8.99. The molecule has 1 aromatic carbocycles. The molecule has 0 aliphatic rings. The number of rotatable bonds is 5. The molecule has 2 rings (SSSR count). The predicted molar refractivity (Wildman–Crippen MR) is 62.1 cm³/mol.